The fraction of sp³-hybridized carbons (Fsp3) is 1.00. The molecule has 3 fully saturated rings. The molecular weight excluding hydrogens is 328 g/mol. The molecule has 7 heteroatoms. The van der Waals surface area contributed by atoms with E-state index in [0.717, 1.165) is 19.3 Å². The van der Waals surface area contributed by atoms with Crippen LogP contribution in [-0.2, 0) is 28.4 Å². The van der Waals surface area contributed by atoms with Gasteiger partial charge < -0.3 is 33.5 Å². The molecule has 3 saturated heterocycles. The van der Waals surface area contributed by atoms with Crippen molar-refractivity contribution in [1.29, 1.82) is 0 Å². The van der Waals surface area contributed by atoms with Crippen molar-refractivity contribution < 1.29 is 33.5 Å². The summed E-state index contributed by atoms with van der Waals surface area (Å²) in [4.78, 5) is 0. The van der Waals surface area contributed by atoms with E-state index in [2.05, 4.69) is 0 Å². The summed E-state index contributed by atoms with van der Waals surface area (Å²) in [7, 11) is 4.98. The molecule has 0 aromatic heterocycles. The van der Waals surface area contributed by atoms with Crippen LogP contribution in [0.15, 0.2) is 0 Å². The molecule has 3 aliphatic rings. The predicted molar refractivity (Wildman–Crippen MR) is 89.7 cm³/mol. The van der Waals surface area contributed by atoms with Crippen molar-refractivity contribution in [3.8, 4) is 0 Å². The van der Waals surface area contributed by atoms with Crippen LogP contribution in [0.4, 0.5) is 0 Å². The number of epoxide rings is 2. The molecule has 3 aliphatic heterocycles. The summed E-state index contributed by atoms with van der Waals surface area (Å²) in [5.74, 6) is 0. The maximum atomic E-state index is 10.9. The van der Waals surface area contributed by atoms with Gasteiger partial charge in [-0.05, 0) is 19.8 Å². The topological polar surface area (TPSA) is 82.2 Å². The standard InChI is InChI=1S/C18H32O7/c1-13-17(24-13,11-21-3)9-15-18(25-15,12-22-4)8-14(19)16(10-20-2)6-5-7-23-16/h13-15,19H,5-12H2,1-4H3/t13-,14-,15-,16-,17+,18+/m1/s1. The first kappa shape index (κ1) is 19.5. The fourth-order valence-corrected chi connectivity index (χ4v) is 4.34. The SMILES string of the molecule is COC[C@@]1([C@H](O)C[C@@]2(COC)O[C@@H]2C[C@@]2(COC)O[C@@H]2C)CCCO1. The molecule has 0 saturated carbocycles. The van der Waals surface area contributed by atoms with Crippen LogP contribution < -0.4 is 0 Å². The molecule has 6 atom stereocenters. The van der Waals surface area contributed by atoms with E-state index in [1.54, 1.807) is 21.3 Å². The summed E-state index contributed by atoms with van der Waals surface area (Å²) in [5.41, 5.74) is -1.40. The predicted octanol–water partition coefficient (Wildman–Crippen LogP) is 0.911. The van der Waals surface area contributed by atoms with Crippen molar-refractivity contribution in [1.82, 2.24) is 0 Å². The second-order valence-corrected chi connectivity index (χ2v) is 7.74. The van der Waals surface area contributed by atoms with Crippen molar-refractivity contribution >= 4 is 0 Å². The first-order valence-corrected chi connectivity index (χ1v) is 9.10. The summed E-state index contributed by atoms with van der Waals surface area (Å²) in [6, 6.07) is 0. The van der Waals surface area contributed by atoms with Gasteiger partial charge in [-0.3, -0.25) is 0 Å². The quantitative estimate of drug-likeness (QED) is 0.549. The Balaban J connectivity index is 1.64. The summed E-state index contributed by atoms with van der Waals surface area (Å²) in [6.45, 7) is 4.08. The van der Waals surface area contributed by atoms with Crippen molar-refractivity contribution in [2.24, 2.45) is 0 Å². The third kappa shape index (κ3) is 3.74. The number of rotatable bonds is 11. The maximum Gasteiger partial charge on any atom is 0.121 e. The van der Waals surface area contributed by atoms with Gasteiger partial charge in [0, 0.05) is 40.8 Å². The zero-order valence-corrected chi connectivity index (χ0v) is 15.8. The molecule has 0 aromatic rings. The van der Waals surface area contributed by atoms with Gasteiger partial charge in [-0.25, -0.2) is 0 Å². The number of ether oxygens (including phenoxy) is 6. The molecule has 3 rings (SSSR count). The first-order valence-electron chi connectivity index (χ1n) is 9.10. The van der Waals surface area contributed by atoms with Crippen LogP contribution in [-0.4, -0.2) is 88.0 Å². The van der Waals surface area contributed by atoms with Gasteiger partial charge in [0.1, 0.15) is 16.8 Å². The third-order valence-electron chi connectivity index (χ3n) is 5.98. The van der Waals surface area contributed by atoms with E-state index in [1.165, 1.54) is 0 Å². The zero-order chi connectivity index (χ0) is 18.1. The Hall–Kier alpha value is -0.280. The lowest BCUT2D eigenvalue weighted by Crippen LogP contribution is -2.48. The van der Waals surface area contributed by atoms with E-state index in [0.29, 0.717) is 32.8 Å². The molecule has 0 aromatic carbocycles. The molecule has 0 unspecified atom stereocenters. The molecule has 146 valence electrons. The smallest absolute Gasteiger partial charge is 0.121 e. The lowest BCUT2D eigenvalue weighted by atomic mass is 9.84. The average Bonchev–Trinajstić information content (AvgIpc) is 3.30. The van der Waals surface area contributed by atoms with Crippen molar-refractivity contribution in [2.45, 2.75) is 67.7 Å². The molecule has 25 heavy (non-hydrogen) atoms. The van der Waals surface area contributed by atoms with Gasteiger partial charge in [0.15, 0.2) is 0 Å². The Morgan fingerprint density at radius 2 is 1.68 bits per heavy atom. The zero-order valence-electron chi connectivity index (χ0n) is 15.8. The maximum absolute atomic E-state index is 10.9. The Morgan fingerprint density at radius 3 is 2.20 bits per heavy atom. The van der Waals surface area contributed by atoms with Gasteiger partial charge in [0.25, 0.3) is 0 Å². The fourth-order valence-electron chi connectivity index (χ4n) is 4.34. The van der Waals surface area contributed by atoms with Crippen molar-refractivity contribution in [2.75, 3.05) is 47.8 Å². The minimum Gasteiger partial charge on any atom is -0.390 e. The van der Waals surface area contributed by atoms with Crippen LogP contribution in [0.1, 0.15) is 32.6 Å². The second-order valence-electron chi connectivity index (χ2n) is 7.74. The Kier molecular flexibility index (Phi) is 5.75. The monoisotopic (exact) mass is 360 g/mol. The highest BCUT2D eigenvalue weighted by Crippen LogP contribution is 2.52. The Labute approximate surface area is 149 Å². The molecule has 0 radical (unpaired) electrons. The van der Waals surface area contributed by atoms with E-state index < -0.39 is 17.3 Å². The lowest BCUT2D eigenvalue weighted by Gasteiger charge is -2.34. The van der Waals surface area contributed by atoms with E-state index in [9.17, 15) is 5.11 Å². The van der Waals surface area contributed by atoms with Gasteiger partial charge in [-0.15, -0.1) is 0 Å². The summed E-state index contributed by atoms with van der Waals surface area (Å²) in [5, 5.41) is 10.9. The second kappa shape index (κ2) is 7.38. The van der Waals surface area contributed by atoms with Gasteiger partial charge in [-0.1, -0.05) is 0 Å². The minimum atomic E-state index is -0.661. The van der Waals surface area contributed by atoms with Crippen LogP contribution in [0.25, 0.3) is 0 Å². The summed E-state index contributed by atoms with van der Waals surface area (Å²) < 4.78 is 33.7. The van der Waals surface area contributed by atoms with Gasteiger partial charge >= 0.3 is 0 Å². The van der Waals surface area contributed by atoms with Crippen LogP contribution in [0.3, 0.4) is 0 Å². The van der Waals surface area contributed by atoms with Crippen LogP contribution in [0.5, 0.6) is 0 Å². The number of methoxy groups -OCH3 is 3. The highest BCUT2D eigenvalue weighted by Gasteiger charge is 2.65. The molecule has 3 heterocycles. The lowest BCUT2D eigenvalue weighted by molar-refractivity contribution is -0.133. The number of hydrogen-bond acceptors (Lipinski definition) is 7. The highest BCUT2D eigenvalue weighted by molar-refractivity contribution is 5.13. The number of aliphatic hydroxyl groups excluding tert-OH is 1. The van der Waals surface area contributed by atoms with Crippen LogP contribution in [0, 0.1) is 0 Å². The molecule has 7 nitrogen and oxygen atoms in total. The molecule has 0 bridgehead atoms. The van der Waals surface area contributed by atoms with E-state index in [-0.39, 0.29) is 17.8 Å². The Morgan fingerprint density at radius 1 is 1.04 bits per heavy atom. The normalized spacial score (nSPS) is 44.0. The Bertz CT molecular complexity index is 453. The van der Waals surface area contributed by atoms with E-state index >= 15 is 0 Å². The van der Waals surface area contributed by atoms with Crippen LogP contribution in [0.2, 0.25) is 0 Å². The number of hydrogen-bond donors (Lipinski definition) is 1. The average molecular weight is 360 g/mol. The van der Waals surface area contributed by atoms with Crippen molar-refractivity contribution in [3.63, 3.8) is 0 Å². The third-order valence-corrected chi connectivity index (χ3v) is 5.98. The molecule has 0 amide bonds. The largest absolute Gasteiger partial charge is 0.390 e. The van der Waals surface area contributed by atoms with Crippen molar-refractivity contribution in [3.05, 3.63) is 0 Å². The van der Waals surface area contributed by atoms with E-state index in [1.807, 2.05) is 6.92 Å². The molecular formula is C18H32O7. The minimum absolute atomic E-state index is 0.0109. The van der Waals surface area contributed by atoms with Gasteiger partial charge in [0.05, 0.1) is 38.1 Å². The highest BCUT2D eigenvalue weighted by atomic mass is 16.7. The van der Waals surface area contributed by atoms with E-state index in [4.69, 9.17) is 28.4 Å². The summed E-state index contributed by atoms with van der Waals surface area (Å²) in [6.07, 6.45) is 2.44. The number of aliphatic hydroxyl groups is 1. The first-order chi connectivity index (χ1) is 12.0. The molecule has 1 N–H and O–H groups in total. The van der Waals surface area contributed by atoms with Crippen LogP contribution >= 0.6 is 0 Å². The van der Waals surface area contributed by atoms with Gasteiger partial charge in [0.2, 0.25) is 0 Å². The summed E-state index contributed by atoms with van der Waals surface area (Å²) >= 11 is 0. The van der Waals surface area contributed by atoms with Gasteiger partial charge in [-0.2, -0.15) is 0 Å². The molecule has 0 aliphatic carbocycles. The molecule has 0 spiro atoms.